The lowest BCUT2D eigenvalue weighted by atomic mass is 9.90. The number of aromatic hydroxyl groups is 1. The number of halogens is 1. The molecule has 0 unspecified atom stereocenters. The van der Waals surface area contributed by atoms with Gasteiger partial charge in [0.1, 0.15) is 18.7 Å². The van der Waals surface area contributed by atoms with Crippen LogP contribution in [0.2, 0.25) is 0 Å². The average Bonchev–Trinajstić information content (AvgIpc) is 3.16. The molecule has 5 rings (SSSR count). The first-order valence-electron chi connectivity index (χ1n) is 11.1. The summed E-state index contributed by atoms with van der Waals surface area (Å²) in [5.74, 6) is 0.0698. The van der Waals surface area contributed by atoms with E-state index in [0.717, 1.165) is 46.3 Å². The van der Waals surface area contributed by atoms with Crippen LogP contribution in [-0.2, 0) is 9.30 Å². The zero-order valence-electron chi connectivity index (χ0n) is 18.7. The van der Waals surface area contributed by atoms with Gasteiger partial charge in [0.15, 0.2) is 0 Å². The van der Waals surface area contributed by atoms with E-state index in [1.165, 1.54) is 12.1 Å². The SMILES string of the molecule is CP(C)(=O)c1ccc(-c2c(C3CCOCC3)n(-c3ccc(F)cc3)c3cccc(O)c23)cn1. The predicted octanol–water partition coefficient (Wildman–Crippen LogP) is 5.68. The Bertz CT molecular complexity index is 1350. The number of pyridine rings is 1. The smallest absolute Gasteiger partial charge is 0.127 e. The molecule has 1 aliphatic heterocycles. The van der Waals surface area contributed by atoms with E-state index < -0.39 is 7.14 Å². The van der Waals surface area contributed by atoms with Gasteiger partial charge < -0.3 is 19.0 Å². The van der Waals surface area contributed by atoms with Gasteiger partial charge in [-0.1, -0.05) is 12.1 Å². The van der Waals surface area contributed by atoms with E-state index in [9.17, 15) is 14.1 Å². The number of fused-ring (bicyclic) bond motifs is 1. The number of aromatic nitrogens is 2. The molecule has 1 N–H and O–H groups in total. The number of hydrogen-bond acceptors (Lipinski definition) is 4. The summed E-state index contributed by atoms with van der Waals surface area (Å²) in [6.07, 6.45) is 3.43. The fourth-order valence-corrected chi connectivity index (χ4v) is 5.48. The van der Waals surface area contributed by atoms with E-state index in [1.54, 1.807) is 37.7 Å². The molecule has 2 aromatic heterocycles. The summed E-state index contributed by atoms with van der Waals surface area (Å²) in [7, 11) is -2.49. The van der Waals surface area contributed by atoms with Gasteiger partial charge in [0.2, 0.25) is 0 Å². The highest BCUT2D eigenvalue weighted by Gasteiger charge is 2.29. The number of rotatable bonds is 4. The second-order valence-electron chi connectivity index (χ2n) is 8.89. The van der Waals surface area contributed by atoms with Crippen molar-refractivity contribution in [1.29, 1.82) is 0 Å². The second kappa shape index (κ2) is 8.44. The molecule has 0 bridgehead atoms. The summed E-state index contributed by atoms with van der Waals surface area (Å²) in [5.41, 5.74) is 5.05. The van der Waals surface area contributed by atoms with Crippen molar-refractivity contribution in [3.05, 3.63) is 72.3 Å². The third-order valence-corrected chi connectivity index (χ3v) is 7.66. The Labute approximate surface area is 192 Å². The minimum Gasteiger partial charge on any atom is -0.507 e. The summed E-state index contributed by atoms with van der Waals surface area (Å²) >= 11 is 0. The van der Waals surface area contributed by atoms with E-state index in [2.05, 4.69) is 9.55 Å². The van der Waals surface area contributed by atoms with Crippen molar-refractivity contribution in [1.82, 2.24) is 9.55 Å². The molecule has 0 radical (unpaired) electrons. The number of nitrogens with zero attached hydrogens (tertiary/aromatic N) is 2. The van der Waals surface area contributed by atoms with Gasteiger partial charge in [0, 0.05) is 47.8 Å². The van der Waals surface area contributed by atoms with Gasteiger partial charge in [-0.15, -0.1) is 0 Å². The van der Waals surface area contributed by atoms with Crippen molar-refractivity contribution < 1.29 is 18.8 Å². The normalized spacial score (nSPS) is 15.2. The first-order valence-corrected chi connectivity index (χ1v) is 13.7. The molecule has 1 saturated heterocycles. The van der Waals surface area contributed by atoms with Crippen molar-refractivity contribution >= 4 is 23.5 Å². The molecule has 0 atom stereocenters. The lowest BCUT2D eigenvalue weighted by Gasteiger charge is -2.25. The van der Waals surface area contributed by atoms with Crippen LogP contribution in [0.1, 0.15) is 24.5 Å². The Kier molecular flexibility index (Phi) is 5.59. The van der Waals surface area contributed by atoms with Gasteiger partial charge in [-0.2, -0.15) is 0 Å². The zero-order valence-corrected chi connectivity index (χ0v) is 19.6. The first kappa shape index (κ1) is 21.9. The Morgan fingerprint density at radius 2 is 1.79 bits per heavy atom. The van der Waals surface area contributed by atoms with Crippen molar-refractivity contribution in [2.45, 2.75) is 18.8 Å². The minimum absolute atomic E-state index is 0.178. The van der Waals surface area contributed by atoms with Gasteiger partial charge >= 0.3 is 0 Å². The highest BCUT2D eigenvalue weighted by atomic mass is 31.2. The topological polar surface area (TPSA) is 64.3 Å². The molecule has 5 nitrogen and oxygen atoms in total. The molecule has 1 aliphatic rings. The van der Waals surface area contributed by atoms with Crippen LogP contribution in [0.5, 0.6) is 5.75 Å². The quantitative estimate of drug-likeness (QED) is 0.395. The molecule has 33 heavy (non-hydrogen) atoms. The Morgan fingerprint density at radius 3 is 2.42 bits per heavy atom. The van der Waals surface area contributed by atoms with E-state index in [4.69, 9.17) is 4.74 Å². The van der Waals surface area contributed by atoms with Gasteiger partial charge in [-0.05, 0) is 68.6 Å². The predicted molar refractivity (Wildman–Crippen MR) is 130 cm³/mol. The molecule has 7 heteroatoms. The van der Waals surface area contributed by atoms with Crippen molar-refractivity contribution in [2.75, 3.05) is 26.5 Å². The minimum atomic E-state index is -2.49. The number of benzene rings is 2. The maximum atomic E-state index is 13.7. The summed E-state index contributed by atoms with van der Waals surface area (Å²) in [6.45, 7) is 4.73. The van der Waals surface area contributed by atoms with Crippen LogP contribution in [-0.4, -0.2) is 41.2 Å². The standard InChI is InChI=1S/C26H26FN2O3P/c1-33(2,31)23-11-6-18(16-28-23)24-25-21(4-3-5-22(25)30)29(20-9-7-19(27)8-10-20)26(24)17-12-14-32-15-13-17/h3-11,16-17,30H,12-15H2,1-2H3. The molecule has 0 saturated carbocycles. The Balaban J connectivity index is 1.84. The third-order valence-electron chi connectivity index (χ3n) is 6.29. The maximum absolute atomic E-state index is 13.7. The maximum Gasteiger partial charge on any atom is 0.127 e. The zero-order chi connectivity index (χ0) is 23.2. The molecule has 0 spiro atoms. The van der Waals surface area contributed by atoms with Crippen LogP contribution in [0, 0.1) is 5.82 Å². The molecule has 2 aromatic carbocycles. The molecular formula is C26H26FN2O3P. The third kappa shape index (κ3) is 3.98. The number of phenolic OH excluding ortho intramolecular Hbond substituents is 1. The lowest BCUT2D eigenvalue weighted by molar-refractivity contribution is 0.0843. The second-order valence-corrected chi connectivity index (χ2v) is 12.0. The lowest BCUT2D eigenvalue weighted by Crippen LogP contribution is -2.17. The van der Waals surface area contributed by atoms with Crippen LogP contribution in [0.25, 0.3) is 27.7 Å². The molecule has 3 heterocycles. The fraction of sp³-hybridized carbons (Fsp3) is 0.269. The molecule has 1 fully saturated rings. The van der Waals surface area contributed by atoms with Crippen LogP contribution in [0.4, 0.5) is 4.39 Å². The van der Waals surface area contributed by atoms with Crippen molar-refractivity contribution in [3.8, 4) is 22.6 Å². The summed E-state index contributed by atoms with van der Waals surface area (Å²) in [4.78, 5) is 4.51. The summed E-state index contributed by atoms with van der Waals surface area (Å²) in [6, 6.07) is 15.6. The molecule has 4 aromatic rings. The van der Waals surface area contributed by atoms with E-state index >= 15 is 0 Å². The van der Waals surface area contributed by atoms with Gasteiger partial charge in [-0.25, -0.2) is 4.39 Å². The van der Waals surface area contributed by atoms with Gasteiger partial charge in [0.25, 0.3) is 0 Å². The van der Waals surface area contributed by atoms with E-state index in [1.807, 2.05) is 24.3 Å². The number of ether oxygens (including phenoxy) is 1. The monoisotopic (exact) mass is 464 g/mol. The molecule has 0 aliphatic carbocycles. The van der Waals surface area contributed by atoms with Gasteiger partial charge in [0.05, 0.1) is 16.3 Å². The van der Waals surface area contributed by atoms with Crippen molar-refractivity contribution in [2.24, 2.45) is 0 Å². The summed E-state index contributed by atoms with van der Waals surface area (Å²) < 4.78 is 34.0. The van der Waals surface area contributed by atoms with Crippen LogP contribution in [0.3, 0.4) is 0 Å². The largest absolute Gasteiger partial charge is 0.507 e. The highest BCUT2D eigenvalue weighted by Crippen LogP contribution is 2.46. The van der Waals surface area contributed by atoms with Gasteiger partial charge in [-0.3, -0.25) is 4.98 Å². The van der Waals surface area contributed by atoms with Crippen molar-refractivity contribution in [3.63, 3.8) is 0 Å². The van der Waals surface area contributed by atoms with Crippen LogP contribution >= 0.6 is 7.14 Å². The average molecular weight is 464 g/mol. The van der Waals surface area contributed by atoms with E-state index in [0.29, 0.717) is 18.6 Å². The molecule has 0 amide bonds. The Hall–Kier alpha value is -2.95. The number of phenols is 1. The fourth-order valence-electron chi connectivity index (χ4n) is 4.71. The molecular weight excluding hydrogens is 438 g/mol. The Morgan fingerprint density at radius 1 is 1.06 bits per heavy atom. The van der Waals surface area contributed by atoms with Crippen LogP contribution < -0.4 is 5.44 Å². The molecule has 170 valence electrons. The first-order chi connectivity index (χ1) is 15.8. The summed E-state index contributed by atoms with van der Waals surface area (Å²) in [5, 5.41) is 11.7. The highest BCUT2D eigenvalue weighted by molar-refractivity contribution is 7.69. The van der Waals surface area contributed by atoms with Crippen LogP contribution in [0.15, 0.2) is 60.8 Å². The number of hydrogen-bond donors (Lipinski definition) is 1. The van der Waals surface area contributed by atoms with E-state index in [-0.39, 0.29) is 17.5 Å².